The van der Waals surface area contributed by atoms with Gasteiger partial charge in [0.15, 0.2) is 0 Å². The predicted molar refractivity (Wildman–Crippen MR) is 97.6 cm³/mol. The van der Waals surface area contributed by atoms with E-state index in [0.717, 1.165) is 5.69 Å². The standard InChI is InChI=1S/C20H13N3O3/c24-20(14-7-3-1-4-8-14)19-17-12-11-16(23(25)26)13-18(17)22(21-19)15-9-5-2-6-10-15/h1-13H. The summed E-state index contributed by atoms with van der Waals surface area (Å²) in [6.07, 6.45) is 0. The Kier molecular flexibility index (Phi) is 3.78. The van der Waals surface area contributed by atoms with Crippen molar-refractivity contribution < 1.29 is 9.72 Å². The second-order valence-corrected chi connectivity index (χ2v) is 5.75. The summed E-state index contributed by atoms with van der Waals surface area (Å²) in [5, 5.41) is 16.2. The molecule has 0 unspecified atom stereocenters. The second kappa shape index (κ2) is 6.25. The van der Waals surface area contributed by atoms with Gasteiger partial charge in [0.25, 0.3) is 5.69 Å². The Morgan fingerprint density at radius 2 is 1.58 bits per heavy atom. The topological polar surface area (TPSA) is 78.0 Å². The van der Waals surface area contributed by atoms with Gasteiger partial charge in [-0.2, -0.15) is 5.10 Å². The molecule has 0 radical (unpaired) electrons. The second-order valence-electron chi connectivity index (χ2n) is 5.75. The number of nitrogens with zero attached hydrogens (tertiary/aromatic N) is 3. The third-order valence-corrected chi connectivity index (χ3v) is 4.13. The lowest BCUT2D eigenvalue weighted by molar-refractivity contribution is -0.384. The highest BCUT2D eigenvalue weighted by Crippen LogP contribution is 2.27. The number of carbonyl (C=O) groups excluding carboxylic acids is 1. The molecule has 0 spiro atoms. The van der Waals surface area contributed by atoms with Crippen LogP contribution in [0.5, 0.6) is 0 Å². The van der Waals surface area contributed by atoms with Crippen molar-refractivity contribution in [2.45, 2.75) is 0 Å². The summed E-state index contributed by atoms with van der Waals surface area (Å²) in [5.74, 6) is -0.223. The number of non-ortho nitro benzene ring substituents is 1. The molecule has 6 nitrogen and oxygen atoms in total. The zero-order valence-electron chi connectivity index (χ0n) is 13.6. The third kappa shape index (κ3) is 2.63. The van der Waals surface area contributed by atoms with Crippen LogP contribution in [0, 0.1) is 10.1 Å². The molecule has 3 aromatic carbocycles. The van der Waals surface area contributed by atoms with Crippen molar-refractivity contribution in [3.05, 3.63) is 100 Å². The van der Waals surface area contributed by atoms with Crippen LogP contribution in [0.2, 0.25) is 0 Å². The molecule has 26 heavy (non-hydrogen) atoms. The lowest BCUT2D eigenvalue weighted by Gasteiger charge is -2.02. The van der Waals surface area contributed by atoms with E-state index < -0.39 is 4.92 Å². The third-order valence-electron chi connectivity index (χ3n) is 4.13. The normalized spacial score (nSPS) is 10.8. The fourth-order valence-corrected chi connectivity index (χ4v) is 2.88. The Bertz CT molecular complexity index is 1120. The van der Waals surface area contributed by atoms with E-state index in [1.807, 2.05) is 36.4 Å². The maximum absolute atomic E-state index is 12.9. The van der Waals surface area contributed by atoms with Crippen molar-refractivity contribution in [2.75, 3.05) is 0 Å². The Balaban J connectivity index is 1.97. The van der Waals surface area contributed by atoms with E-state index in [2.05, 4.69) is 5.10 Å². The molecule has 126 valence electrons. The molecule has 1 aromatic heterocycles. The fraction of sp³-hybridized carbons (Fsp3) is 0. The van der Waals surface area contributed by atoms with Crippen LogP contribution in [0.3, 0.4) is 0 Å². The predicted octanol–water partition coefficient (Wildman–Crippen LogP) is 4.16. The van der Waals surface area contributed by atoms with Crippen LogP contribution >= 0.6 is 0 Å². The van der Waals surface area contributed by atoms with E-state index in [0.29, 0.717) is 16.5 Å². The number of nitro benzene ring substituents is 1. The molecule has 0 saturated carbocycles. The first kappa shape index (κ1) is 15.7. The number of fused-ring (bicyclic) bond motifs is 1. The molecule has 0 atom stereocenters. The van der Waals surface area contributed by atoms with Crippen molar-refractivity contribution in [3.63, 3.8) is 0 Å². The van der Waals surface area contributed by atoms with Crippen molar-refractivity contribution in [1.82, 2.24) is 9.78 Å². The summed E-state index contributed by atoms with van der Waals surface area (Å²) in [5.41, 5.74) is 1.98. The van der Waals surface area contributed by atoms with E-state index in [1.54, 1.807) is 35.0 Å². The zero-order chi connectivity index (χ0) is 18.1. The lowest BCUT2D eigenvalue weighted by atomic mass is 10.1. The number of hydrogen-bond acceptors (Lipinski definition) is 4. The summed E-state index contributed by atoms with van der Waals surface area (Å²) < 4.78 is 1.57. The Morgan fingerprint density at radius 1 is 0.923 bits per heavy atom. The maximum Gasteiger partial charge on any atom is 0.271 e. The maximum atomic E-state index is 12.9. The average molecular weight is 343 g/mol. The highest BCUT2D eigenvalue weighted by molar-refractivity contribution is 6.15. The number of ketones is 1. The van der Waals surface area contributed by atoms with E-state index in [4.69, 9.17) is 0 Å². The van der Waals surface area contributed by atoms with E-state index >= 15 is 0 Å². The molecular weight excluding hydrogens is 330 g/mol. The van der Waals surface area contributed by atoms with Crippen molar-refractivity contribution in [3.8, 4) is 5.69 Å². The number of rotatable bonds is 4. The minimum absolute atomic E-state index is 0.0479. The SMILES string of the molecule is O=C(c1ccccc1)c1nn(-c2ccccc2)c2cc([N+](=O)[O-])ccc12. The minimum atomic E-state index is -0.458. The molecule has 0 aliphatic heterocycles. The van der Waals surface area contributed by atoms with Gasteiger partial charge in [0.2, 0.25) is 5.78 Å². The van der Waals surface area contributed by atoms with Gasteiger partial charge in [0, 0.05) is 23.1 Å². The van der Waals surface area contributed by atoms with E-state index in [1.165, 1.54) is 12.1 Å². The fourth-order valence-electron chi connectivity index (χ4n) is 2.88. The first-order valence-corrected chi connectivity index (χ1v) is 7.97. The first-order valence-electron chi connectivity index (χ1n) is 7.97. The molecule has 6 heteroatoms. The van der Waals surface area contributed by atoms with Gasteiger partial charge in [-0.3, -0.25) is 14.9 Å². The molecular formula is C20H13N3O3. The molecule has 0 aliphatic rings. The summed E-state index contributed by atoms with van der Waals surface area (Å²) in [7, 11) is 0. The highest BCUT2D eigenvalue weighted by Gasteiger charge is 2.21. The Hall–Kier alpha value is -3.80. The Morgan fingerprint density at radius 3 is 2.23 bits per heavy atom. The minimum Gasteiger partial charge on any atom is -0.287 e. The Labute approximate surface area is 148 Å². The smallest absolute Gasteiger partial charge is 0.271 e. The highest BCUT2D eigenvalue weighted by atomic mass is 16.6. The van der Waals surface area contributed by atoms with Crippen molar-refractivity contribution in [2.24, 2.45) is 0 Å². The van der Waals surface area contributed by atoms with Gasteiger partial charge < -0.3 is 0 Å². The number of benzene rings is 3. The average Bonchev–Trinajstić information content (AvgIpc) is 3.07. The number of aromatic nitrogens is 2. The van der Waals surface area contributed by atoms with Gasteiger partial charge in [-0.15, -0.1) is 0 Å². The number of hydrogen-bond donors (Lipinski definition) is 0. The van der Waals surface area contributed by atoms with E-state index in [9.17, 15) is 14.9 Å². The quantitative estimate of drug-likeness (QED) is 0.316. The molecule has 0 saturated heterocycles. The molecule has 0 N–H and O–H groups in total. The van der Waals surface area contributed by atoms with Crippen molar-refractivity contribution >= 4 is 22.4 Å². The summed E-state index contributed by atoms with van der Waals surface area (Å²) in [6, 6.07) is 22.5. The summed E-state index contributed by atoms with van der Waals surface area (Å²) in [6.45, 7) is 0. The van der Waals surface area contributed by atoms with Crippen molar-refractivity contribution in [1.29, 1.82) is 0 Å². The number of para-hydroxylation sites is 1. The summed E-state index contributed by atoms with van der Waals surface area (Å²) >= 11 is 0. The lowest BCUT2D eigenvalue weighted by Crippen LogP contribution is -2.04. The van der Waals surface area contributed by atoms with Gasteiger partial charge in [-0.25, -0.2) is 4.68 Å². The monoisotopic (exact) mass is 343 g/mol. The van der Waals surface area contributed by atoms with E-state index in [-0.39, 0.29) is 17.2 Å². The molecule has 4 aromatic rings. The summed E-state index contributed by atoms with van der Waals surface area (Å²) in [4.78, 5) is 23.6. The van der Waals surface area contributed by atoms with Crippen LogP contribution in [-0.4, -0.2) is 20.5 Å². The molecule has 1 heterocycles. The number of nitro groups is 1. The van der Waals surface area contributed by atoms with Crippen LogP contribution in [0.15, 0.2) is 78.9 Å². The van der Waals surface area contributed by atoms with Gasteiger partial charge in [0.05, 0.1) is 16.1 Å². The zero-order valence-corrected chi connectivity index (χ0v) is 13.6. The van der Waals surface area contributed by atoms with Crippen LogP contribution in [-0.2, 0) is 0 Å². The van der Waals surface area contributed by atoms with Gasteiger partial charge in [-0.1, -0.05) is 48.5 Å². The molecule has 0 amide bonds. The first-order chi connectivity index (χ1) is 12.6. The van der Waals surface area contributed by atoms with Crippen LogP contribution in [0.4, 0.5) is 5.69 Å². The van der Waals surface area contributed by atoms with Crippen LogP contribution in [0.25, 0.3) is 16.6 Å². The molecule has 0 fully saturated rings. The van der Waals surface area contributed by atoms with Gasteiger partial charge in [-0.05, 0) is 18.2 Å². The van der Waals surface area contributed by atoms with Crippen LogP contribution < -0.4 is 0 Å². The van der Waals surface area contributed by atoms with Crippen LogP contribution in [0.1, 0.15) is 16.1 Å². The molecule has 0 bridgehead atoms. The van der Waals surface area contributed by atoms with Gasteiger partial charge in [0.1, 0.15) is 5.69 Å². The molecule has 0 aliphatic carbocycles. The molecule has 4 rings (SSSR count). The number of carbonyl (C=O) groups is 1. The largest absolute Gasteiger partial charge is 0.287 e. The van der Waals surface area contributed by atoms with Gasteiger partial charge >= 0.3 is 0 Å².